The Morgan fingerprint density at radius 2 is 2.60 bits per heavy atom. The van der Waals surface area contributed by atoms with Gasteiger partial charge in [0.1, 0.15) is 0 Å². The summed E-state index contributed by atoms with van der Waals surface area (Å²) in [5.74, 6) is 0.744. The Morgan fingerprint density at radius 1 is 1.80 bits per heavy atom. The molecule has 0 aromatic heterocycles. The average molecular weight is 140 g/mol. The van der Waals surface area contributed by atoms with Gasteiger partial charge < -0.3 is 10.6 Å². The van der Waals surface area contributed by atoms with Crippen molar-refractivity contribution in [1.29, 1.82) is 0 Å². The van der Waals surface area contributed by atoms with E-state index in [1.807, 2.05) is 7.05 Å². The number of hydrogen-bond donors (Lipinski definition) is 2. The zero-order chi connectivity index (χ0) is 7.40. The van der Waals surface area contributed by atoms with Crippen LogP contribution in [0.2, 0.25) is 0 Å². The smallest absolute Gasteiger partial charge is 0.0205 e. The molecule has 1 aliphatic rings. The molecular weight excluding hydrogens is 124 g/mol. The van der Waals surface area contributed by atoms with Crippen molar-refractivity contribution < 1.29 is 0 Å². The Morgan fingerprint density at radius 3 is 3.10 bits per heavy atom. The van der Waals surface area contributed by atoms with Gasteiger partial charge in [0.2, 0.25) is 0 Å². The van der Waals surface area contributed by atoms with Gasteiger partial charge in [-0.2, -0.15) is 0 Å². The van der Waals surface area contributed by atoms with E-state index in [1.54, 1.807) is 5.57 Å². The molecule has 0 fully saturated rings. The highest BCUT2D eigenvalue weighted by Gasteiger charge is 2.12. The van der Waals surface area contributed by atoms with Crippen molar-refractivity contribution >= 4 is 0 Å². The molecule has 0 aliphatic carbocycles. The lowest BCUT2D eigenvalue weighted by Gasteiger charge is -2.06. The normalized spacial score (nSPS) is 24.2. The summed E-state index contributed by atoms with van der Waals surface area (Å²) in [6.07, 6.45) is 3.34. The van der Waals surface area contributed by atoms with Gasteiger partial charge in [0, 0.05) is 6.54 Å². The van der Waals surface area contributed by atoms with Crippen LogP contribution in [-0.4, -0.2) is 20.1 Å². The van der Waals surface area contributed by atoms with Crippen LogP contribution in [0.25, 0.3) is 0 Å². The highest BCUT2D eigenvalue weighted by atomic mass is 14.9. The van der Waals surface area contributed by atoms with Crippen molar-refractivity contribution in [2.45, 2.75) is 13.3 Å². The van der Waals surface area contributed by atoms with Crippen molar-refractivity contribution in [2.24, 2.45) is 5.92 Å². The number of nitrogens with one attached hydrogen (secondary N) is 2. The molecule has 1 heterocycles. The first-order valence-corrected chi connectivity index (χ1v) is 3.91. The van der Waals surface area contributed by atoms with Crippen LogP contribution in [0.1, 0.15) is 13.3 Å². The first kappa shape index (κ1) is 7.61. The fraction of sp³-hybridized carbons (Fsp3) is 0.750. The maximum atomic E-state index is 3.24. The Kier molecular flexibility index (Phi) is 2.75. The molecule has 1 aliphatic heterocycles. The van der Waals surface area contributed by atoms with Crippen LogP contribution >= 0.6 is 0 Å². The molecular formula is C8H16N2. The molecule has 1 rings (SSSR count). The summed E-state index contributed by atoms with van der Waals surface area (Å²) in [4.78, 5) is 0. The Balaban J connectivity index is 2.26. The molecule has 2 N–H and O–H groups in total. The third-order valence-electron chi connectivity index (χ3n) is 2.01. The highest BCUT2D eigenvalue weighted by molar-refractivity contribution is 5.11. The van der Waals surface area contributed by atoms with Gasteiger partial charge in [-0.05, 0) is 37.7 Å². The van der Waals surface area contributed by atoms with E-state index in [9.17, 15) is 0 Å². The van der Waals surface area contributed by atoms with E-state index in [2.05, 4.69) is 23.8 Å². The maximum Gasteiger partial charge on any atom is 0.0205 e. The largest absolute Gasteiger partial charge is 0.390 e. The van der Waals surface area contributed by atoms with Gasteiger partial charge in [-0.3, -0.25) is 0 Å². The summed E-state index contributed by atoms with van der Waals surface area (Å²) in [7, 11) is 1.99. The van der Waals surface area contributed by atoms with Gasteiger partial charge in [0.25, 0.3) is 0 Å². The van der Waals surface area contributed by atoms with Crippen LogP contribution in [0, 0.1) is 5.92 Å². The van der Waals surface area contributed by atoms with E-state index >= 15 is 0 Å². The summed E-state index contributed by atoms with van der Waals surface area (Å²) < 4.78 is 0. The summed E-state index contributed by atoms with van der Waals surface area (Å²) in [6, 6.07) is 0. The molecule has 0 aromatic carbocycles. The molecule has 0 amide bonds. The predicted molar refractivity (Wildman–Crippen MR) is 43.8 cm³/mol. The quantitative estimate of drug-likeness (QED) is 0.603. The van der Waals surface area contributed by atoms with Crippen molar-refractivity contribution in [2.75, 3.05) is 20.1 Å². The molecule has 1 unspecified atom stereocenters. The molecule has 2 nitrogen and oxygen atoms in total. The zero-order valence-corrected chi connectivity index (χ0v) is 6.78. The predicted octanol–water partition coefficient (Wildman–Crippen LogP) is 0.719. The molecule has 0 saturated carbocycles. The Bertz CT molecular complexity index is 129. The molecule has 1 atom stereocenters. The topological polar surface area (TPSA) is 24.1 Å². The summed E-state index contributed by atoms with van der Waals surface area (Å²) in [5.41, 5.74) is 1.55. The van der Waals surface area contributed by atoms with Crippen molar-refractivity contribution in [3.05, 3.63) is 11.8 Å². The molecule has 0 spiro atoms. The van der Waals surface area contributed by atoms with Gasteiger partial charge in [-0.15, -0.1) is 0 Å². The summed E-state index contributed by atoms with van der Waals surface area (Å²) in [5, 5.41) is 6.39. The molecule has 0 aromatic rings. The van der Waals surface area contributed by atoms with Crippen LogP contribution in [-0.2, 0) is 0 Å². The summed E-state index contributed by atoms with van der Waals surface area (Å²) >= 11 is 0. The third kappa shape index (κ3) is 1.74. The monoisotopic (exact) mass is 140 g/mol. The highest BCUT2D eigenvalue weighted by Crippen LogP contribution is 2.16. The van der Waals surface area contributed by atoms with Crippen LogP contribution in [0.15, 0.2) is 11.8 Å². The number of hydrogen-bond acceptors (Lipinski definition) is 2. The van der Waals surface area contributed by atoms with Gasteiger partial charge in [0.05, 0.1) is 0 Å². The summed E-state index contributed by atoms with van der Waals surface area (Å²) in [6.45, 7) is 4.48. The second-order valence-electron chi connectivity index (χ2n) is 2.88. The van der Waals surface area contributed by atoms with E-state index in [1.165, 1.54) is 6.42 Å². The van der Waals surface area contributed by atoms with Crippen LogP contribution in [0.5, 0.6) is 0 Å². The number of rotatable bonds is 3. The maximum absolute atomic E-state index is 3.24. The first-order chi connectivity index (χ1) is 4.84. The molecule has 58 valence electrons. The minimum absolute atomic E-state index is 0.744. The van der Waals surface area contributed by atoms with Crippen molar-refractivity contribution in [3.8, 4) is 0 Å². The second-order valence-corrected chi connectivity index (χ2v) is 2.88. The van der Waals surface area contributed by atoms with E-state index < -0.39 is 0 Å². The SMILES string of the molecule is CNCCC1=CNCC1C. The lowest BCUT2D eigenvalue weighted by atomic mass is 10.0. The minimum atomic E-state index is 0.744. The lowest BCUT2D eigenvalue weighted by molar-refractivity contribution is 0.653. The van der Waals surface area contributed by atoms with E-state index in [4.69, 9.17) is 0 Å². The zero-order valence-electron chi connectivity index (χ0n) is 6.78. The van der Waals surface area contributed by atoms with E-state index in [-0.39, 0.29) is 0 Å². The fourth-order valence-corrected chi connectivity index (χ4v) is 1.23. The minimum Gasteiger partial charge on any atom is -0.390 e. The van der Waals surface area contributed by atoms with Gasteiger partial charge >= 0.3 is 0 Å². The first-order valence-electron chi connectivity index (χ1n) is 3.91. The average Bonchev–Trinajstić information content (AvgIpc) is 2.31. The van der Waals surface area contributed by atoms with Crippen molar-refractivity contribution in [3.63, 3.8) is 0 Å². The Labute approximate surface area is 62.7 Å². The van der Waals surface area contributed by atoms with Gasteiger partial charge in [-0.25, -0.2) is 0 Å². The Hall–Kier alpha value is -0.500. The van der Waals surface area contributed by atoms with Crippen LogP contribution in [0.4, 0.5) is 0 Å². The van der Waals surface area contributed by atoms with Crippen LogP contribution in [0.3, 0.4) is 0 Å². The third-order valence-corrected chi connectivity index (χ3v) is 2.01. The van der Waals surface area contributed by atoms with Crippen molar-refractivity contribution in [1.82, 2.24) is 10.6 Å². The standard InChI is InChI=1S/C8H16N2/c1-7-5-10-6-8(7)3-4-9-2/h6-7,9-10H,3-5H2,1-2H3. The molecule has 0 radical (unpaired) electrons. The molecule has 10 heavy (non-hydrogen) atoms. The fourth-order valence-electron chi connectivity index (χ4n) is 1.23. The lowest BCUT2D eigenvalue weighted by Crippen LogP contribution is -2.11. The second kappa shape index (κ2) is 3.62. The molecule has 0 bridgehead atoms. The van der Waals surface area contributed by atoms with E-state index in [0.717, 1.165) is 19.0 Å². The van der Waals surface area contributed by atoms with Gasteiger partial charge in [0.15, 0.2) is 0 Å². The van der Waals surface area contributed by atoms with E-state index in [0.29, 0.717) is 0 Å². The molecule has 2 heteroatoms. The van der Waals surface area contributed by atoms with Gasteiger partial charge in [-0.1, -0.05) is 6.92 Å². The van der Waals surface area contributed by atoms with Crippen LogP contribution < -0.4 is 10.6 Å². The molecule has 0 saturated heterocycles.